The molecule has 0 saturated heterocycles. The summed E-state index contributed by atoms with van der Waals surface area (Å²) >= 11 is 0. The Morgan fingerprint density at radius 2 is 2.00 bits per heavy atom. The molecule has 2 rings (SSSR count). The number of carbonyl (C=O) groups is 3. The number of carboxylic acid groups (broad SMARTS) is 1. The van der Waals surface area contributed by atoms with Crippen LogP contribution in [-0.4, -0.2) is 42.3 Å². The van der Waals surface area contributed by atoms with Gasteiger partial charge >= 0.3 is 12.1 Å². The standard InChI is InChI=1S/C21H30N2O5/c1-3-5-6-10-16(13-19(24)25)20(26)23-14-17(22-21(27)28-4-2)12-15-9-7-8-11-18(15)23/h7-9,11,16-17H,3-6,10,12-14H2,1-2H3,(H,22,27)(H,24,25)/t16-,17?/m0/s1. The van der Waals surface area contributed by atoms with E-state index in [2.05, 4.69) is 12.2 Å². The van der Waals surface area contributed by atoms with Crippen LogP contribution in [0.15, 0.2) is 24.3 Å². The number of hydrogen-bond acceptors (Lipinski definition) is 4. The molecule has 1 aromatic rings. The minimum absolute atomic E-state index is 0.183. The summed E-state index contributed by atoms with van der Waals surface area (Å²) < 4.78 is 4.96. The minimum atomic E-state index is -0.971. The number of carboxylic acids is 1. The molecular weight excluding hydrogens is 360 g/mol. The van der Waals surface area contributed by atoms with Gasteiger partial charge < -0.3 is 20.1 Å². The third-order valence-electron chi connectivity index (χ3n) is 4.94. The zero-order valence-corrected chi connectivity index (χ0v) is 16.6. The lowest BCUT2D eigenvalue weighted by molar-refractivity contribution is -0.140. The number of alkyl carbamates (subject to hydrolysis) is 1. The number of carbonyl (C=O) groups excluding carboxylic acids is 2. The van der Waals surface area contributed by atoms with Gasteiger partial charge in [0.15, 0.2) is 0 Å². The topological polar surface area (TPSA) is 95.9 Å². The fraction of sp³-hybridized carbons (Fsp3) is 0.571. The Morgan fingerprint density at radius 3 is 2.68 bits per heavy atom. The van der Waals surface area contributed by atoms with Crippen molar-refractivity contribution in [3.05, 3.63) is 29.8 Å². The molecular formula is C21H30N2O5. The molecule has 0 bridgehead atoms. The summed E-state index contributed by atoms with van der Waals surface area (Å²) in [5, 5.41) is 12.1. The molecule has 7 nitrogen and oxygen atoms in total. The molecule has 0 spiro atoms. The summed E-state index contributed by atoms with van der Waals surface area (Å²) in [6.45, 7) is 4.38. The first kappa shape index (κ1) is 21.7. The lowest BCUT2D eigenvalue weighted by Gasteiger charge is -2.36. The predicted octanol–water partition coefficient (Wildman–Crippen LogP) is 3.36. The summed E-state index contributed by atoms with van der Waals surface area (Å²) in [7, 11) is 0. The van der Waals surface area contributed by atoms with Gasteiger partial charge in [0.05, 0.1) is 19.1 Å². The van der Waals surface area contributed by atoms with Gasteiger partial charge in [-0.1, -0.05) is 44.4 Å². The van der Waals surface area contributed by atoms with E-state index < -0.39 is 18.0 Å². The van der Waals surface area contributed by atoms with E-state index in [-0.39, 0.29) is 25.0 Å². The van der Waals surface area contributed by atoms with Crippen molar-refractivity contribution in [1.82, 2.24) is 5.32 Å². The molecule has 0 fully saturated rings. The summed E-state index contributed by atoms with van der Waals surface area (Å²) in [6.07, 6.45) is 3.24. The van der Waals surface area contributed by atoms with Gasteiger partial charge in [-0.25, -0.2) is 4.79 Å². The monoisotopic (exact) mass is 390 g/mol. The number of aliphatic carboxylic acids is 1. The first-order chi connectivity index (χ1) is 13.5. The maximum atomic E-state index is 13.3. The van der Waals surface area contributed by atoms with Crippen molar-refractivity contribution >= 4 is 23.7 Å². The molecule has 0 aliphatic carbocycles. The number of nitrogens with one attached hydrogen (secondary N) is 1. The maximum Gasteiger partial charge on any atom is 0.407 e. The molecule has 1 aliphatic heterocycles. The van der Waals surface area contributed by atoms with Crippen molar-refractivity contribution in [1.29, 1.82) is 0 Å². The van der Waals surface area contributed by atoms with Crippen LogP contribution in [0.3, 0.4) is 0 Å². The molecule has 0 radical (unpaired) electrons. The minimum Gasteiger partial charge on any atom is -0.481 e. The van der Waals surface area contributed by atoms with Gasteiger partial charge in [-0.3, -0.25) is 9.59 Å². The molecule has 154 valence electrons. The zero-order valence-electron chi connectivity index (χ0n) is 16.6. The van der Waals surface area contributed by atoms with Gasteiger partial charge in [-0.2, -0.15) is 0 Å². The number of hydrogen-bond donors (Lipinski definition) is 2. The quantitative estimate of drug-likeness (QED) is 0.630. The molecule has 1 aromatic carbocycles. The molecule has 0 aromatic heterocycles. The van der Waals surface area contributed by atoms with E-state index >= 15 is 0 Å². The van der Waals surface area contributed by atoms with Crippen LogP contribution in [0.2, 0.25) is 0 Å². The first-order valence-corrected chi connectivity index (χ1v) is 10.0. The highest BCUT2D eigenvalue weighted by Gasteiger charge is 2.33. The van der Waals surface area contributed by atoms with Gasteiger partial charge in [0, 0.05) is 18.2 Å². The number of para-hydroxylation sites is 1. The third kappa shape index (κ3) is 5.97. The van der Waals surface area contributed by atoms with Crippen molar-refractivity contribution < 1.29 is 24.2 Å². The van der Waals surface area contributed by atoms with E-state index in [4.69, 9.17) is 4.74 Å². The Bertz CT molecular complexity index is 691. The number of unbranched alkanes of at least 4 members (excludes halogenated alkanes) is 2. The van der Waals surface area contributed by atoms with Crippen LogP contribution in [0.25, 0.3) is 0 Å². The second-order valence-corrected chi connectivity index (χ2v) is 7.13. The second kappa shape index (κ2) is 10.7. The van der Waals surface area contributed by atoms with Crippen LogP contribution in [0, 0.1) is 5.92 Å². The SMILES string of the molecule is CCCCC[C@@H](CC(=O)O)C(=O)N1CC(NC(=O)OCC)Cc2ccccc21. The number of rotatable bonds is 9. The number of amides is 2. The second-order valence-electron chi connectivity index (χ2n) is 7.13. The van der Waals surface area contributed by atoms with Crippen LogP contribution in [0.5, 0.6) is 0 Å². The van der Waals surface area contributed by atoms with Crippen LogP contribution in [0.1, 0.15) is 51.5 Å². The molecule has 1 unspecified atom stereocenters. The van der Waals surface area contributed by atoms with Crippen molar-refractivity contribution in [3.8, 4) is 0 Å². The summed E-state index contributed by atoms with van der Waals surface area (Å²) in [5.41, 5.74) is 1.74. The molecule has 2 amide bonds. The molecule has 7 heteroatoms. The third-order valence-corrected chi connectivity index (χ3v) is 4.94. The highest BCUT2D eigenvalue weighted by molar-refractivity contribution is 5.98. The Morgan fingerprint density at radius 1 is 1.25 bits per heavy atom. The molecule has 28 heavy (non-hydrogen) atoms. The molecule has 0 saturated carbocycles. The number of benzene rings is 1. The molecule has 2 N–H and O–H groups in total. The number of fused-ring (bicyclic) bond motifs is 1. The van der Waals surface area contributed by atoms with Gasteiger partial charge in [-0.15, -0.1) is 0 Å². The van der Waals surface area contributed by atoms with Crippen molar-refractivity contribution in [2.45, 2.75) is 58.4 Å². The first-order valence-electron chi connectivity index (χ1n) is 10.0. The highest BCUT2D eigenvalue weighted by atomic mass is 16.5. The van der Waals surface area contributed by atoms with Gasteiger partial charge in [0.25, 0.3) is 0 Å². The van der Waals surface area contributed by atoms with E-state index in [9.17, 15) is 19.5 Å². The normalized spacial score (nSPS) is 16.8. The summed E-state index contributed by atoms with van der Waals surface area (Å²) in [6, 6.07) is 7.28. The lowest BCUT2D eigenvalue weighted by Crippen LogP contribution is -2.51. The van der Waals surface area contributed by atoms with E-state index in [1.807, 2.05) is 24.3 Å². The van der Waals surface area contributed by atoms with E-state index in [1.54, 1.807) is 11.8 Å². The van der Waals surface area contributed by atoms with E-state index in [0.717, 1.165) is 30.5 Å². The van der Waals surface area contributed by atoms with Crippen LogP contribution < -0.4 is 10.2 Å². The zero-order chi connectivity index (χ0) is 20.5. The van der Waals surface area contributed by atoms with Gasteiger partial charge in [0.1, 0.15) is 0 Å². The molecule has 2 atom stereocenters. The fourth-order valence-corrected chi connectivity index (χ4v) is 3.63. The molecule has 1 heterocycles. The smallest absolute Gasteiger partial charge is 0.407 e. The maximum absolute atomic E-state index is 13.3. The van der Waals surface area contributed by atoms with Crippen LogP contribution in [-0.2, 0) is 20.7 Å². The van der Waals surface area contributed by atoms with Gasteiger partial charge in [-0.05, 0) is 31.4 Å². The van der Waals surface area contributed by atoms with Crippen LogP contribution >= 0.6 is 0 Å². The Balaban J connectivity index is 2.22. The fourth-order valence-electron chi connectivity index (χ4n) is 3.63. The Labute approximate surface area is 166 Å². The largest absolute Gasteiger partial charge is 0.481 e. The average Bonchev–Trinajstić information content (AvgIpc) is 2.66. The summed E-state index contributed by atoms with van der Waals surface area (Å²) in [4.78, 5) is 38.1. The van der Waals surface area contributed by atoms with Crippen molar-refractivity contribution in [2.75, 3.05) is 18.1 Å². The Kier molecular flexibility index (Phi) is 8.29. The van der Waals surface area contributed by atoms with Crippen molar-refractivity contribution in [2.24, 2.45) is 5.92 Å². The van der Waals surface area contributed by atoms with Crippen LogP contribution in [0.4, 0.5) is 10.5 Å². The number of anilines is 1. The van der Waals surface area contributed by atoms with E-state index in [1.165, 1.54) is 0 Å². The lowest BCUT2D eigenvalue weighted by atomic mass is 9.92. The van der Waals surface area contributed by atoms with Gasteiger partial charge in [0.2, 0.25) is 5.91 Å². The summed E-state index contributed by atoms with van der Waals surface area (Å²) in [5.74, 6) is -1.74. The average molecular weight is 390 g/mol. The van der Waals surface area contributed by atoms with Crippen molar-refractivity contribution in [3.63, 3.8) is 0 Å². The van der Waals surface area contributed by atoms with E-state index in [0.29, 0.717) is 19.4 Å². The molecule has 1 aliphatic rings. The number of ether oxygens (including phenoxy) is 1. The Hall–Kier alpha value is -2.57. The number of nitrogens with zero attached hydrogens (tertiary/aromatic N) is 1. The predicted molar refractivity (Wildman–Crippen MR) is 106 cm³/mol. The highest BCUT2D eigenvalue weighted by Crippen LogP contribution is 2.30.